The van der Waals surface area contributed by atoms with Gasteiger partial charge >= 0.3 is 6.09 Å². The summed E-state index contributed by atoms with van der Waals surface area (Å²) in [4.78, 5) is 19.8. The Kier molecular flexibility index (Phi) is 5.31. The molecular formula is C17H21N7O2. The summed E-state index contributed by atoms with van der Waals surface area (Å²) in [6.07, 6.45) is 4.97. The number of aromatic amines is 1. The largest absolute Gasteiger partial charge is 0.446 e. The molecule has 2 aromatic rings. The number of carbonyl (C=O) groups is 1. The van der Waals surface area contributed by atoms with Gasteiger partial charge in [-0.1, -0.05) is 0 Å². The van der Waals surface area contributed by atoms with Crippen LogP contribution in [0.5, 0.6) is 0 Å². The third-order valence-electron chi connectivity index (χ3n) is 4.12. The van der Waals surface area contributed by atoms with Crippen molar-refractivity contribution in [1.82, 2.24) is 25.5 Å². The molecular weight excluding hydrogens is 334 g/mol. The summed E-state index contributed by atoms with van der Waals surface area (Å²) < 4.78 is 5.45. The lowest BCUT2D eigenvalue weighted by Crippen LogP contribution is -2.33. The highest BCUT2D eigenvalue weighted by Crippen LogP contribution is 2.36. The number of nitrogens with one attached hydrogen (secondary N) is 3. The molecule has 3 N–H and O–H groups in total. The molecule has 0 radical (unpaired) electrons. The van der Waals surface area contributed by atoms with Crippen LogP contribution in [0.2, 0.25) is 0 Å². The third-order valence-corrected chi connectivity index (χ3v) is 4.12. The zero-order valence-electron chi connectivity index (χ0n) is 14.7. The number of hydrogen-bond acceptors (Lipinski definition) is 7. The van der Waals surface area contributed by atoms with Crippen LogP contribution in [0.4, 0.5) is 16.6 Å². The highest BCUT2D eigenvalue weighted by molar-refractivity contribution is 5.67. The lowest BCUT2D eigenvalue weighted by Gasteiger charge is -2.14. The molecule has 0 spiro atoms. The predicted molar refractivity (Wildman–Crippen MR) is 93.8 cm³/mol. The fourth-order valence-electron chi connectivity index (χ4n) is 2.93. The Morgan fingerprint density at radius 3 is 2.85 bits per heavy atom. The minimum atomic E-state index is -0.365. The van der Waals surface area contributed by atoms with Crippen LogP contribution >= 0.6 is 0 Å². The summed E-state index contributed by atoms with van der Waals surface area (Å²) in [5.41, 5.74) is 1.38. The number of anilines is 2. The highest BCUT2D eigenvalue weighted by Gasteiger charge is 2.30. The van der Waals surface area contributed by atoms with Crippen molar-refractivity contribution in [3.05, 3.63) is 29.7 Å². The number of nitriles is 1. The average molecular weight is 355 g/mol. The number of nitrogens with zero attached hydrogens (tertiary/aromatic N) is 4. The Balaban J connectivity index is 1.55. The van der Waals surface area contributed by atoms with Crippen molar-refractivity contribution in [3.63, 3.8) is 0 Å². The minimum Gasteiger partial charge on any atom is -0.446 e. The van der Waals surface area contributed by atoms with Gasteiger partial charge in [0.2, 0.25) is 5.95 Å². The molecule has 1 aliphatic carbocycles. The number of aromatic nitrogens is 4. The van der Waals surface area contributed by atoms with Crippen LogP contribution in [0.25, 0.3) is 0 Å². The van der Waals surface area contributed by atoms with Crippen molar-refractivity contribution in [2.75, 3.05) is 5.32 Å². The molecule has 1 aliphatic rings. The normalized spacial score (nSPS) is 19.2. The van der Waals surface area contributed by atoms with Crippen LogP contribution in [0, 0.1) is 11.3 Å². The number of carbonyl (C=O) groups excluding carboxylic acids is 1. The first-order valence-electron chi connectivity index (χ1n) is 8.55. The molecule has 2 heterocycles. The van der Waals surface area contributed by atoms with E-state index in [1.165, 1.54) is 12.4 Å². The number of rotatable bonds is 5. The molecule has 1 fully saturated rings. The van der Waals surface area contributed by atoms with Gasteiger partial charge in [-0.15, -0.1) is 0 Å². The Morgan fingerprint density at radius 2 is 2.15 bits per heavy atom. The number of alkyl carbamates (subject to hydrolysis) is 1. The average Bonchev–Trinajstić information content (AvgIpc) is 3.24. The van der Waals surface area contributed by atoms with E-state index in [2.05, 4.69) is 30.8 Å². The van der Waals surface area contributed by atoms with E-state index in [0.717, 1.165) is 25.0 Å². The Labute approximate surface area is 151 Å². The minimum absolute atomic E-state index is 0.0605. The molecule has 9 heteroatoms. The molecule has 9 nitrogen and oxygen atoms in total. The van der Waals surface area contributed by atoms with E-state index in [9.17, 15) is 4.79 Å². The molecule has 26 heavy (non-hydrogen) atoms. The van der Waals surface area contributed by atoms with Crippen molar-refractivity contribution < 1.29 is 9.53 Å². The molecule has 0 unspecified atom stereocenters. The number of H-pyrrole nitrogens is 1. The number of ether oxygens (including phenoxy) is 1. The molecule has 0 aromatic carbocycles. The second kappa shape index (κ2) is 7.82. The topological polar surface area (TPSA) is 129 Å². The zero-order chi connectivity index (χ0) is 18.5. The van der Waals surface area contributed by atoms with Crippen molar-refractivity contribution >= 4 is 17.9 Å². The molecule has 3 rings (SSSR count). The monoisotopic (exact) mass is 355 g/mol. The van der Waals surface area contributed by atoms with Gasteiger partial charge < -0.3 is 15.4 Å². The molecule has 1 saturated carbocycles. The molecule has 2 aromatic heterocycles. The maximum absolute atomic E-state index is 11.7. The van der Waals surface area contributed by atoms with Crippen molar-refractivity contribution in [1.29, 1.82) is 5.26 Å². The van der Waals surface area contributed by atoms with Gasteiger partial charge in [-0.3, -0.25) is 5.10 Å². The first-order chi connectivity index (χ1) is 12.5. The second-order valence-corrected chi connectivity index (χ2v) is 6.58. The lowest BCUT2D eigenvalue weighted by atomic mass is 10.0. The maximum Gasteiger partial charge on any atom is 0.407 e. The summed E-state index contributed by atoms with van der Waals surface area (Å²) >= 11 is 0. The first-order valence-corrected chi connectivity index (χ1v) is 8.55. The van der Waals surface area contributed by atoms with Gasteiger partial charge in [-0.2, -0.15) is 10.4 Å². The van der Waals surface area contributed by atoms with Crippen LogP contribution in [0.1, 0.15) is 50.3 Å². The third kappa shape index (κ3) is 4.47. The van der Waals surface area contributed by atoms with Crippen LogP contribution in [-0.2, 0) is 4.74 Å². The maximum atomic E-state index is 11.7. The summed E-state index contributed by atoms with van der Waals surface area (Å²) in [5, 5.41) is 21.7. The van der Waals surface area contributed by atoms with Gasteiger partial charge in [0.15, 0.2) is 5.82 Å². The van der Waals surface area contributed by atoms with Crippen molar-refractivity contribution in [2.45, 2.75) is 51.2 Å². The summed E-state index contributed by atoms with van der Waals surface area (Å²) in [5.74, 6) is 1.24. The van der Waals surface area contributed by atoms with E-state index in [-0.39, 0.29) is 24.2 Å². The van der Waals surface area contributed by atoms with Gasteiger partial charge in [0.1, 0.15) is 12.2 Å². The highest BCUT2D eigenvalue weighted by atomic mass is 16.6. The van der Waals surface area contributed by atoms with E-state index in [1.54, 1.807) is 0 Å². The van der Waals surface area contributed by atoms with Crippen molar-refractivity contribution in [2.24, 2.45) is 0 Å². The quantitative estimate of drug-likeness (QED) is 0.751. The Morgan fingerprint density at radius 1 is 1.38 bits per heavy atom. The fraction of sp³-hybridized carbons (Fsp3) is 0.471. The molecule has 0 saturated heterocycles. The second-order valence-electron chi connectivity index (χ2n) is 6.58. The summed E-state index contributed by atoms with van der Waals surface area (Å²) in [7, 11) is 0. The summed E-state index contributed by atoms with van der Waals surface area (Å²) in [6.45, 7) is 3.80. The smallest absolute Gasteiger partial charge is 0.407 e. The van der Waals surface area contributed by atoms with E-state index in [4.69, 9.17) is 10.00 Å². The molecule has 0 bridgehead atoms. The van der Waals surface area contributed by atoms with Crippen LogP contribution < -0.4 is 10.6 Å². The van der Waals surface area contributed by atoms with Gasteiger partial charge in [0, 0.05) is 23.7 Å². The molecule has 0 aliphatic heterocycles. The van der Waals surface area contributed by atoms with Crippen LogP contribution in [-0.4, -0.2) is 38.4 Å². The van der Waals surface area contributed by atoms with E-state index >= 15 is 0 Å². The lowest BCUT2D eigenvalue weighted by molar-refractivity contribution is 0.0981. The fourth-order valence-corrected chi connectivity index (χ4v) is 2.93. The molecule has 136 valence electrons. The number of hydrogen-bond donors (Lipinski definition) is 3. The van der Waals surface area contributed by atoms with Gasteiger partial charge in [-0.05, 0) is 33.1 Å². The Bertz CT molecular complexity index is 794. The van der Waals surface area contributed by atoms with Crippen LogP contribution in [0.3, 0.4) is 0 Å². The predicted octanol–water partition coefficient (Wildman–Crippen LogP) is 2.59. The van der Waals surface area contributed by atoms with Gasteiger partial charge in [0.25, 0.3) is 0 Å². The van der Waals surface area contributed by atoms with Crippen molar-refractivity contribution in [3.8, 4) is 6.07 Å². The van der Waals surface area contributed by atoms with E-state index < -0.39 is 0 Å². The number of amides is 1. The Hall–Kier alpha value is -3.15. The SMILES string of the molecule is CC(C)NC(=O)O[C@@H]1CC[C@H](c2cc(Nc3ncc(C#N)cn3)n[nH]2)C1. The first kappa shape index (κ1) is 17.7. The van der Waals surface area contributed by atoms with Gasteiger partial charge in [-0.25, -0.2) is 14.8 Å². The molecule has 2 atom stereocenters. The standard InChI is InChI=1S/C17H21N7O2/c1-10(2)21-17(25)26-13-4-3-12(5-13)14-6-15(24-23-14)22-16-19-8-11(7-18)9-20-16/h6,8-10,12-13H,3-5H2,1-2H3,(H,21,25)(H2,19,20,22,23,24)/t12-,13+/m0/s1. The van der Waals surface area contributed by atoms with E-state index in [0.29, 0.717) is 17.3 Å². The summed E-state index contributed by atoms with van der Waals surface area (Å²) in [6, 6.07) is 3.94. The van der Waals surface area contributed by atoms with Crippen LogP contribution in [0.15, 0.2) is 18.5 Å². The van der Waals surface area contributed by atoms with E-state index in [1.807, 2.05) is 26.0 Å². The van der Waals surface area contributed by atoms with Gasteiger partial charge in [0.05, 0.1) is 18.0 Å². The zero-order valence-corrected chi connectivity index (χ0v) is 14.7. The molecule has 1 amide bonds.